The second-order valence-electron chi connectivity index (χ2n) is 0.469. The minimum Gasteiger partial charge on any atom is -0.790 e. The molecule has 0 atom stereocenters. The summed E-state index contributed by atoms with van der Waals surface area (Å²) in [5, 5.41) is 0. The summed E-state index contributed by atoms with van der Waals surface area (Å²) in [7, 11) is -5.14. The zero-order valence-corrected chi connectivity index (χ0v) is 10.6. The van der Waals surface area contributed by atoms with E-state index in [1.54, 1.807) is 0 Å². The largest absolute Gasteiger partial charge is 2.00 e. The maximum atomic E-state index is 8.66. The molecule has 0 radical (unpaired) electrons. The van der Waals surface area contributed by atoms with Gasteiger partial charge in [0.2, 0.25) is 0 Å². The predicted octanol–water partition coefficient (Wildman–Crippen LogP) is -2.57. The maximum Gasteiger partial charge on any atom is 2.00 e. The molecule has 0 saturated carbocycles. The van der Waals surface area contributed by atoms with Crippen molar-refractivity contribution >= 4 is 45.6 Å². The van der Waals surface area contributed by atoms with Crippen LogP contribution in [-0.2, 0) is 4.57 Å². The smallest absolute Gasteiger partial charge is 0.790 e. The van der Waals surface area contributed by atoms with E-state index in [1.165, 1.54) is 0 Å². The van der Waals surface area contributed by atoms with Gasteiger partial charge in [-0.2, -0.15) is 0 Å². The third-order valence-electron chi connectivity index (χ3n) is 0. The van der Waals surface area contributed by atoms with Crippen LogP contribution >= 0.6 is 7.82 Å². The molecule has 0 spiro atoms. The van der Waals surface area contributed by atoms with Crippen molar-refractivity contribution in [1.82, 2.24) is 0 Å². The van der Waals surface area contributed by atoms with E-state index in [0.717, 1.165) is 0 Å². The van der Waals surface area contributed by atoms with Gasteiger partial charge in [-0.25, -0.2) is 0 Å². The van der Waals surface area contributed by atoms with Crippen molar-refractivity contribution in [2.75, 3.05) is 0 Å². The SMILES string of the molecule is O=P([O-])([O-])O.[Ca+2].[U]. The minimum absolute atomic E-state index is 0. The van der Waals surface area contributed by atoms with Crippen molar-refractivity contribution in [3.05, 3.63) is 0 Å². The fraction of sp³-hybridized carbons (Fsp3) is 0. The third-order valence-corrected chi connectivity index (χ3v) is 0. The number of hydrogen-bond donors (Lipinski definition) is 1. The third kappa shape index (κ3) is 59.2. The van der Waals surface area contributed by atoms with Crippen LogP contribution in [0.15, 0.2) is 0 Å². The van der Waals surface area contributed by atoms with E-state index in [0.29, 0.717) is 0 Å². The van der Waals surface area contributed by atoms with Crippen LogP contribution in [0.4, 0.5) is 0 Å². The molecule has 0 aliphatic carbocycles. The summed E-state index contributed by atoms with van der Waals surface area (Å²) in [5.74, 6) is 0. The Morgan fingerprint density at radius 1 is 1.43 bits per heavy atom. The van der Waals surface area contributed by atoms with Crippen molar-refractivity contribution in [1.29, 1.82) is 0 Å². The van der Waals surface area contributed by atoms with Gasteiger partial charge in [-0.15, -0.1) is 0 Å². The fourth-order valence-electron chi connectivity index (χ4n) is 0. The molecule has 36 valence electrons. The van der Waals surface area contributed by atoms with Gasteiger partial charge in [-0.05, 0) is 0 Å². The molecule has 0 heterocycles. The van der Waals surface area contributed by atoms with Gasteiger partial charge in [-0.1, -0.05) is 0 Å². The van der Waals surface area contributed by atoms with Crippen LogP contribution < -0.4 is 9.79 Å². The Bertz CT molecular complexity index is 57.8. The molecule has 1 N–H and O–H groups in total. The van der Waals surface area contributed by atoms with Crippen LogP contribution in [-0.4, -0.2) is 42.6 Å². The molecular weight excluding hydrogens is 373 g/mol. The topological polar surface area (TPSA) is 83.4 Å². The van der Waals surface area contributed by atoms with Crippen LogP contribution in [0, 0.1) is 31.1 Å². The summed E-state index contributed by atoms with van der Waals surface area (Å²) in [5.41, 5.74) is 0. The van der Waals surface area contributed by atoms with Crippen molar-refractivity contribution in [3.63, 3.8) is 0 Å². The first-order valence-corrected chi connectivity index (χ1v) is 2.24. The maximum absolute atomic E-state index is 8.66. The van der Waals surface area contributed by atoms with E-state index in [4.69, 9.17) is 19.2 Å². The Morgan fingerprint density at radius 2 is 1.43 bits per heavy atom. The normalized spacial score (nSPS) is 8.43. The van der Waals surface area contributed by atoms with E-state index in [9.17, 15) is 0 Å². The monoisotopic (exact) mass is 374 g/mol. The van der Waals surface area contributed by atoms with E-state index < -0.39 is 7.82 Å². The second kappa shape index (κ2) is 6.54. The second-order valence-corrected chi connectivity index (χ2v) is 1.41. The molecule has 0 aromatic heterocycles. The molecule has 0 aromatic carbocycles. The first-order chi connectivity index (χ1) is 2.00. The number of hydrogen-bond acceptors (Lipinski definition) is 3. The summed E-state index contributed by atoms with van der Waals surface area (Å²) in [6, 6.07) is 0. The molecular formula is HCaO4PU. The quantitative estimate of drug-likeness (QED) is 0.373. The summed E-state index contributed by atoms with van der Waals surface area (Å²) in [6.45, 7) is 0. The summed E-state index contributed by atoms with van der Waals surface area (Å²) in [4.78, 5) is 24.3. The first kappa shape index (κ1) is 16.2. The minimum atomic E-state index is -5.14. The van der Waals surface area contributed by atoms with Gasteiger partial charge < -0.3 is 19.2 Å². The van der Waals surface area contributed by atoms with Gasteiger partial charge in [0.15, 0.2) is 0 Å². The average molecular weight is 374 g/mol. The standard InChI is InChI=1S/Ca.H3O4P.U/c;1-5(2,3)4;/h;(H3,1,2,3,4);/q+2;;/p-2. The van der Waals surface area contributed by atoms with Crippen molar-refractivity contribution in [2.24, 2.45) is 0 Å². The van der Waals surface area contributed by atoms with Crippen LogP contribution in [0.2, 0.25) is 0 Å². The Morgan fingerprint density at radius 3 is 1.43 bits per heavy atom. The fourth-order valence-corrected chi connectivity index (χ4v) is 0. The van der Waals surface area contributed by atoms with Crippen LogP contribution in [0.1, 0.15) is 0 Å². The molecule has 0 saturated heterocycles. The Balaban J connectivity index is -0.0000000800. The Kier molecular flexibility index (Phi) is 15.1. The zero-order valence-electron chi connectivity index (χ0n) is 3.33. The number of phosphoric acid groups is 1. The van der Waals surface area contributed by atoms with Crippen molar-refractivity contribution < 1.29 is 50.4 Å². The molecule has 0 aliphatic heterocycles. The molecule has 7 heteroatoms. The molecule has 4 nitrogen and oxygen atoms in total. The Hall–Kier alpha value is 2.42. The van der Waals surface area contributed by atoms with E-state index in [1.807, 2.05) is 0 Å². The van der Waals surface area contributed by atoms with E-state index in [-0.39, 0.29) is 68.9 Å². The molecule has 0 aromatic rings. The molecule has 0 amide bonds. The molecule has 0 aliphatic rings. The van der Waals surface area contributed by atoms with Crippen LogP contribution in [0.3, 0.4) is 0 Å². The van der Waals surface area contributed by atoms with Gasteiger partial charge in [0.1, 0.15) is 0 Å². The van der Waals surface area contributed by atoms with Gasteiger partial charge in [0.05, 0.1) is 7.82 Å². The predicted molar refractivity (Wildman–Crippen MR) is 15.6 cm³/mol. The molecule has 0 rings (SSSR count). The summed E-state index contributed by atoms with van der Waals surface area (Å²) in [6.07, 6.45) is 0. The van der Waals surface area contributed by atoms with Gasteiger partial charge in [0.25, 0.3) is 0 Å². The molecule has 0 fully saturated rings. The van der Waals surface area contributed by atoms with E-state index in [2.05, 4.69) is 0 Å². The average Bonchev–Trinajstić information content (AvgIpc) is 0.722. The van der Waals surface area contributed by atoms with Gasteiger partial charge in [0, 0.05) is 31.1 Å². The zero-order chi connectivity index (χ0) is 4.50. The molecule has 7 heavy (non-hydrogen) atoms. The Labute approximate surface area is 94.3 Å². The van der Waals surface area contributed by atoms with Crippen LogP contribution in [0.25, 0.3) is 0 Å². The summed E-state index contributed by atoms with van der Waals surface area (Å²) < 4.78 is 8.66. The van der Waals surface area contributed by atoms with Gasteiger partial charge in [-0.3, -0.25) is 0 Å². The van der Waals surface area contributed by atoms with Gasteiger partial charge >= 0.3 is 37.7 Å². The summed E-state index contributed by atoms with van der Waals surface area (Å²) >= 11 is 0. The van der Waals surface area contributed by atoms with Crippen molar-refractivity contribution in [3.8, 4) is 0 Å². The molecule has 0 unspecified atom stereocenters. The van der Waals surface area contributed by atoms with Crippen molar-refractivity contribution in [2.45, 2.75) is 0 Å². The molecule has 0 bridgehead atoms. The first-order valence-electron chi connectivity index (χ1n) is 0.748. The number of rotatable bonds is 0. The van der Waals surface area contributed by atoms with Crippen LogP contribution in [0.5, 0.6) is 0 Å². The van der Waals surface area contributed by atoms with E-state index >= 15 is 0 Å².